The van der Waals surface area contributed by atoms with Gasteiger partial charge in [0.2, 0.25) is 0 Å². The predicted molar refractivity (Wildman–Crippen MR) is 60.9 cm³/mol. The van der Waals surface area contributed by atoms with E-state index >= 15 is 0 Å². The molecule has 1 aliphatic rings. The molecule has 0 radical (unpaired) electrons. The molecule has 0 amide bonds. The predicted octanol–water partition coefficient (Wildman–Crippen LogP) is 2.50. The Balaban J connectivity index is 2.06. The van der Waals surface area contributed by atoms with E-state index in [1.54, 1.807) is 0 Å². The Morgan fingerprint density at radius 1 is 1.31 bits per heavy atom. The van der Waals surface area contributed by atoms with Gasteiger partial charge in [0.15, 0.2) is 11.6 Å². The van der Waals surface area contributed by atoms with Gasteiger partial charge in [-0.25, -0.2) is 9.97 Å². The standard InChI is InChI=1S/C12H13N3O/c1-7-2-5-10(16-7)12-14-9(8-3-4-8)6-11(13)15-12/h2,5-6,8H,3-4H2,1H3,(H2,13,14,15). The number of nitrogens with zero attached hydrogens (tertiary/aromatic N) is 2. The van der Waals surface area contributed by atoms with Crippen LogP contribution in [0.4, 0.5) is 5.82 Å². The molecule has 3 rings (SSSR count). The average molecular weight is 215 g/mol. The molecule has 2 aromatic rings. The van der Waals surface area contributed by atoms with Crippen LogP contribution in [0.15, 0.2) is 22.6 Å². The number of nitrogen functional groups attached to an aromatic ring is 1. The Kier molecular flexibility index (Phi) is 1.96. The van der Waals surface area contributed by atoms with Crippen LogP contribution in [0.5, 0.6) is 0 Å². The van der Waals surface area contributed by atoms with Crippen LogP contribution in [0.25, 0.3) is 11.6 Å². The van der Waals surface area contributed by atoms with Gasteiger partial charge in [0.05, 0.1) is 0 Å². The summed E-state index contributed by atoms with van der Waals surface area (Å²) < 4.78 is 5.50. The molecule has 0 aromatic carbocycles. The Hall–Kier alpha value is -1.84. The third-order valence-corrected chi connectivity index (χ3v) is 2.72. The molecular formula is C12H13N3O. The van der Waals surface area contributed by atoms with Gasteiger partial charge in [0.1, 0.15) is 11.6 Å². The highest BCUT2D eigenvalue weighted by atomic mass is 16.3. The zero-order chi connectivity index (χ0) is 11.1. The normalized spacial score (nSPS) is 15.3. The molecule has 1 aliphatic carbocycles. The van der Waals surface area contributed by atoms with Crippen molar-refractivity contribution in [1.82, 2.24) is 9.97 Å². The number of furan rings is 1. The van der Waals surface area contributed by atoms with Crippen LogP contribution < -0.4 is 5.73 Å². The van der Waals surface area contributed by atoms with Crippen LogP contribution >= 0.6 is 0 Å². The lowest BCUT2D eigenvalue weighted by molar-refractivity contribution is 0.544. The van der Waals surface area contributed by atoms with E-state index in [0.29, 0.717) is 23.3 Å². The van der Waals surface area contributed by atoms with Gasteiger partial charge in [-0.05, 0) is 31.9 Å². The third-order valence-electron chi connectivity index (χ3n) is 2.72. The van der Waals surface area contributed by atoms with E-state index in [-0.39, 0.29) is 0 Å². The van der Waals surface area contributed by atoms with E-state index in [1.807, 2.05) is 25.1 Å². The van der Waals surface area contributed by atoms with Crippen molar-refractivity contribution in [3.8, 4) is 11.6 Å². The zero-order valence-electron chi connectivity index (χ0n) is 9.10. The molecule has 0 spiro atoms. The van der Waals surface area contributed by atoms with Gasteiger partial charge in [0, 0.05) is 17.7 Å². The topological polar surface area (TPSA) is 64.9 Å². The van der Waals surface area contributed by atoms with E-state index in [0.717, 1.165) is 11.5 Å². The molecule has 4 nitrogen and oxygen atoms in total. The quantitative estimate of drug-likeness (QED) is 0.835. The highest BCUT2D eigenvalue weighted by Crippen LogP contribution is 2.39. The summed E-state index contributed by atoms with van der Waals surface area (Å²) in [6.45, 7) is 1.90. The number of aromatic nitrogens is 2. The lowest BCUT2D eigenvalue weighted by Crippen LogP contribution is -1.98. The maximum atomic E-state index is 5.78. The van der Waals surface area contributed by atoms with E-state index in [9.17, 15) is 0 Å². The molecule has 82 valence electrons. The molecule has 2 N–H and O–H groups in total. The van der Waals surface area contributed by atoms with Crippen LogP contribution in [0.3, 0.4) is 0 Å². The van der Waals surface area contributed by atoms with Crippen molar-refractivity contribution in [3.05, 3.63) is 29.7 Å². The summed E-state index contributed by atoms with van der Waals surface area (Å²) in [6, 6.07) is 5.64. The molecule has 0 unspecified atom stereocenters. The second kappa shape index (κ2) is 3.33. The lowest BCUT2D eigenvalue weighted by atomic mass is 10.2. The van der Waals surface area contributed by atoms with E-state index in [1.165, 1.54) is 12.8 Å². The zero-order valence-corrected chi connectivity index (χ0v) is 9.10. The molecule has 0 atom stereocenters. The first-order chi connectivity index (χ1) is 7.72. The molecule has 16 heavy (non-hydrogen) atoms. The summed E-state index contributed by atoms with van der Waals surface area (Å²) in [5.74, 6) is 3.22. The van der Waals surface area contributed by atoms with Crippen molar-refractivity contribution < 1.29 is 4.42 Å². The minimum atomic E-state index is 0.515. The average Bonchev–Trinajstić information content (AvgIpc) is 3.01. The molecular weight excluding hydrogens is 202 g/mol. The molecule has 4 heteroatoms. The van der Waals surface area contributed by atoms with Gasteiger partial charge in [-0.15, -0.1) is 0 Å². The van der Waals surface area contributed by atoms with Crippen LogP contribution in [0.2, 0.25) is 0 Å². The molecule has 0 bridgehead atoms. The summed E-state index contributed by atoms with van der Waals surface area (Å²) in [4.78, 5) is 8.69. The van der Waals surface area contributed by atoms with Gasteiger partial charge < -0.3 is 10.2 Å². The van der Waals surface area contributed by atoms with Gasteiger partial charge >= 0.3 is 0 Å². The van der Waals surface area contributed by atoms with Crippen LogP contribution in [0.1, 0.15) is 30.2 Å². The first kappa shape index (κ1) is 9.39. The molecule has 1 fully saturated rings. The molecule has 2 heterocycles. The van der Waals surface area contributed by atoms with Crippen molar-refractivity contribution in [2.75, 3.05) is 5.73 Å². The number of nitrogens with two attached hydrogens (primary N) is 1. The minimum Gasteiger partial charge on any atom is -0.458 e. The molecule has 2 aromatic heterocycles. The number of hydrogen-bond acceptors (Lipinski definition) is 4. The van der Waals surface area contributed by atoms with Gasteiger partial charge in [-0.1, -0.05) is 0 Å². The van der Waals surface area contributed by atoms with Crippen molar-refractivity contribution in [3.63, 3.8) is 0 Å². The SMILES string of the molecule is Cc1ccc(-c2nc(N)cc(C3CC3)n2)o1. The third kappa shape index (κ3) is 1.66. The number of rotatable bonds is 2. The summed E-state index contributed by atoms with van der Waals surface area (Å²) in [5, 5.41) is 0. The highest BCUT2D eigenvalue weighted by molar-refractivity contribution is 5.51. The van der Waals surface area contributed by atoms with E-state index in [4.69, 9.17) is 10.2 Å². The first-order valence-electron chi connectivity index (χ1n) is 5.43. The fraction of sp³-hybridized carbons (Fsp3) is 0.333. The van der Waals surface area contributed by atoms with Gasteiger partial charge in [-0.2, -0.15) is 0 Å². The van der Waals surface area contributed by atoms with Crippen LogP contribution in [-0.2, 0) is 0 Å². The summed E-state index contributed by atoms with van der Waals surface area (Å²) >= 11 is 0. The number of hydrogen-bond donors (Lipinski definition) is 1. The van der Waals surface area contributed by atoms with Gasteiger partial charge in [0.25, 0.3) is 0 Å². The second-order valence-electron chi connectivity index (χ2n) is 4.23. The highest BCUT2D eigenvalue weighted by Gasteiger charge is 2.26. The monoisotopic (exact) mass is 215 g/mol. The Bertz CT molecular complexity index is 529. The largest absolute Gasteiger partial charge is 0.458 e. The maximum Gasteiger partial charge on any atom is 0.197 e. The maximum absolute atomic E-state index is 5.78. The first-order valence-corrected chi connectivity index (χ1v) is 5.43. The molecule has 0 saturated heterocycles. The minimum absolute atomic E-state index is 0.515. The smallest absolute Gasteiger partial charge is 0.197 e. The number of anilines is 1. The summed E-state index contributed by atoms with van der Waals surface area (Å²) in [6.07, 6.45) is 2.40. The Morgan fingerprint density at radius 3 is 2.75 bits per heavy atom. The number of aryl methyl sites for hydroxylation is 1. The fourth-order valence-corrected chi connectivity index (χ4v) is 1.74. The summed E-state index contributed by atoms with van der Waals surface area (Å²) in [7, 11) is 0. The molecule has 0 aliphatic heterocycles. The Labute approximate surface area is 93.5 Å². The second-order valence-corrected chi connectivity index (χ2v) is 4.23. The fourth-order valence-electron chi connectivity index (χ4n) is 1.74. The van der Waals surface area contributed by atoms with Crippen molar-refractivity contribution in [2.24, 2.45) is 0 Å². The lowest BCUT2D eigenvalue weighted by Gasteiger charge is -2.02. The van der Waals surface area contributed by atoms with Gasteiger partial charge in [-0.3, -0.25) is 0 Å². The molecule has 1 saturated carbocycles. The van der Waals surface area contributed by atoms with Crippen molar-refractivity contribution in [2.45, 2.75) is 25.7 Å². The summed E-state index contributed by atoms with van der Waals surface area (Å²) in [5.41, 5.74) is 6.81. The van der Waals surface area contributed by atoms with E-state index < -0.39 is 0 Å². The van der Waals surface area contributed by atoms with Crippen molar-refractivity contribution >= 4 is 5.82 Å². The van der Waals surface area contributed by atoms with Crippen molar-refractivity contribution in [1.29, 1.82) is 0 Å². The van der Waals surface area contributed by atoms with E-state index in [2.05, 4.69) is 9.97 Å². The van der Waals surface area contributed by atoms with Crippen LogP contribution in [0, 0.1) is 6.92 Å². The van der Waals surface area contributed by atoms with Crippen LogP contribution in [-0.4, -0.2) is 9.97 Å². The Morgan fingerprint density at radius 2 is 2.12 bits per heavy atom.